The average Bonchev–Trinajstić information content (AvgIpc) is 3.52. The molecule has 0 bridgehead atoms. The number of anilines is 1. The first-order chi connectivity index (χ1) is 17.3. The van der Waals surface area contributed by atoms with Gasteiger partial charge in [-0.2, -0.15) is 5.26 Å². The van der Waals surface area contributed by atoms with E-state index in [1.54, 1.807) is 6.33 Å². The molecule has 1 saturated heterocycles. The van der Waals surface area contributed by atoms with Gasteiger partial charge in [0.2, 0.25) is 6.79 Å². The molecule has 0 amide bonds. The highest BCUT2D eigenvalue weighted by atomic mass is 16.7. The Hall–Kier alpha value is -4.09. The van der Waals surface area contributed by atoms with Crippen molar-refractivity contribution < 1.29 is 9.47 Å². The van der Waals surface area contributed by atoms with Crippen molar-refractivity contribution in [2.45, 2.75) is 19.5 Å². The van der Waals surface area contributed by atoms with E-state index in [-0.39, 0.29) is 0 Å². The van der Waals surface area contributed by atoms with E-state index >= 15 is 0 Å². The molecule has 6 rings (SSSR count). The molecule has 2 aliphatic heterocycles. The first-order valence-corrected chi connectivity index (χ1v) is 11.9. The van der Waals surface area contributed by atoms with Crippen molar-refractivity contribution in [3.63, 3.8) is 0 Å². The van der Waals surface area contributed by atoms with Gasteiger partial charge in [0.1, 0.15) is 23.4 Å². The molecule has 8 heteroatoms. The fourth-order valence-corrected chi connectivity index (χ4v) is 4.91. The van der Waals surface area contributed by atoms with Crippen molar-refractivity contribution in [3.8, 4) is 17.6 Å². The summed E-state index contributed by atoms with van der Waals surface area (Å²) >= 11 is 0. The van der Waals surface area contributed by atoms with Crippen LogP contribution in [0.3, 0.4) is 0 Å². The van der Waals surface area contributed by atoms with Crippen LogP contribution in [0, 0.1) is 11.3 Å². The number of hydrogen-bond acceptors (Lipinski definition) is 7. The number of ether oxygens (including phenoxy) is 2. The lowest BCUT2D eigenvalue weighted by molar-refractivity contribution is 0.174. The molecule has 2 aromatic carbocycles. The van der Waals surface area contributed by atoms with Gasteiger partial charge < -0.3 is 18.9 Å². The minimum Gasteiger partial charge on any atom is -0.454 e. The van der Waals surface area contributed by atoms with Crippen LogP contribution in [-0.2, 0) is 19.5 Å². The van der Waals surface area contributed by atoms with Crippen LogP contribution in [0.2, 0.25) is 0 Å². The number of fused-ring (bicyclic) bond motifs is 2. The first kappa shape index (κ1) is 21.4. The minimum atomic E-state index is 0.297. The molecule has 1 fully saturated rings. The lowest BCUT2D eigenvalue weighted by Gasteiger charge is -2.35. The zero-order chi connectivity index (χ0) is 23.6. The average molecular weight is 467 g/mol. The summed E-state index contributed by atoms with van der Waals surface area (Å²) in [6.45, 7) is 5.52. The summed E-state index contributed by atoms with van der Waals surface area (Å²) in [6, 6.07) is 18.9. The molecular formula is C27H26N6O2. The number of nitrogens with zero attached hydrogens (tertiary/aromatic N) is 6. The van der Waals surface area contributed by atoms with Gasteiger partial charge in [0.15, 0.2) is 17.3 Å². The summed E-state index contributed by atoms with van der Waals surface area (Å²) < 4.78 is 13.1. The standard InChI is InChI=1S/C27H26N6O2/c28-15-22-17-33(9-8-20-4-2-1-3-5-20)26-25(22)29-18-30-27(26)32-12-10-31(11-13-32)16-21-6-7-23-24(14-21)35-19-34-23/h1-7,14,17-18H,8-13,16,19H2. The Labute approximate surface area is 203 Å². The van der Waals surface area contributed by atoms with E-state index in [9.17, 15) is 5.26 Å². The maximum Gasteiger partial charge on any atom is 0.231 e. The Morgan fingerprint density at radius 1 is 0.914 bits per heavy atom. The lowest BCUT2D eigenvalue weighted by Crippen LogP contribution is -2.46. The van der Waals surface area contributed by atoms with Gasteiger partial charge in [0.25, 0.3) is 0 Å². The summed E-state index contributed by atoms with van der Waals surface area (Å²) in [5.41, 5.74) is 4.76. The maximum absolute atomic E-state index is 9.71. The van der Waals surface area contributed by atoms with Crippen molar-refractivity contribution >= 4 is 16.9 Å². The van der Waals surface area contributed by atoms with Gasteiger partial charge in [-0.05, 0) is 29.7 Å². The van der Waals surface area contributed by atoms with Crippen molar-refractivity contribution in [3.05, 3.63) is 77.7 Å². The summed E-state index contributed by atoms with van der Waals surface area (Å²) in [7, 11) is 0. The third kappa shape index (κ3) is 4.27. The Morgan fingerprint density at radius 2 is 1.74 bits per heavy atom. The van der Waals surface area contributed by atoms with Gasteiger partial charge in [-0.1, -0.05) is 36.4 Å². The van der Waals surface area contributed by atoms with Gasteiger partial charge in [0.05, 0.1) is 5.56 Å². The van der Waals surface area contributed by atoms with E-state index in [1.807, 2.05) is 18.3 Å². The van der Waals surface area contributed by atoms with Crippen molar-refractivity contribution in [1.29, 1.82) is 5.26 Å². The fraction of sp³-hybridized carbons (Fsp3) is 0.296. The molecule has 0 aliphatic carbocycles. The largest absolute Gasteiger partial charge is 0.454 e. The SMILES string of the molecule is N#Cc1cn(CCc2ccccc2)c2c(N3CCN(Cc4ccc5c(c4)OCO5)CC3)ncnc12. The van der Waals surface area contributed by atoms with E-state index in [4.69, 9.17) is 9.47 Å². The molecule has 2 aliphatic rings. The third-order valence-electron chi connectivity index (χ3n) is 6.75. The summed E-state index contributed by atoms with van der Waals surface area (Å²) in [4.78, 5) is 13.9. The smallest absolute Gasteiger partial charge is 0.231 e. The van der Waals surface area contributed by atoms with Crippen LogP contribution >= 0.6 is 0 Å². The molecule has 4 aromatic rings. The molecular weight excluding hydrogens is 440 g/mol. The highest BCUT2D eigenvalue weighted by molar-refractivity contribution is 5.91. The number of benzene rings is 2. The van der Waals surface area contributed by atoms with E-state index in [0.717, 1.165) is 74.0 Å². The zero-order valence-corrected chi connectivity index (χ0v) is 19.4. The van der Waals surface area contributed by atoms with Gasteiger partial charge in [0, 0.05) is 45.5 Å². The van der Waals surface area contributed by atoms with Crippen LogP contribution in [0.5, 0.6) is 11.5 Å². The minimum absolute atomic E-state index is 0.297. The topological polar surface area (TPSA) is 79.4 Å². The predicted molar refractivity (Wildman–Crippen MR) is 132 cm³/mol. The highest BCUT2D eigenvalue weighted by Gasteiger charge is 2.24. The summed E-state index contributed by atoms with van der Waals surface area (Å²) in [5, 5.41) is 9.71. The number of piperazine rings is 1. The Morgan fingerprint density at radius 3 is 2.57 bits per heavy atom. The predicted octanol–water partition coefficient (Wildman–Crippen LogP) is 3.60. The third-order valence-corrected chi connectivity index (χ3v) is 6.75. The fourth-order valence-electron chi connectivity index (χ4n) is 4.91. The molecule has 176 valence electrons. The number of aryl methyl sites for hydroxylation is 2. The molecule has 8 nitrogen and oxygen atoms in total. The van der Waals surface area contributed by atoms with Crippen LogP contribution < -0.4 is 14.4 Å². The normalized spacial score (nSPS) is 15.5. The molecule has 0 N–H and O–H groups in total. The Kier molecular flexibility index (Phi) is 5.68. The number of rotatable bonds is 6. The molecule has 4 heterocycles. The van der Waals surface area contributed by atoms with Gasteiger partial charge >= 0.3 is 0 Å². The molecule has 0 atom stereocenters. The second-order valence-corrected chi connectivity index (χ2v) is 8.93. The monoisotopic (exact) mass is 466 g/mol. The Bertz CT molecular complexity index is 1390. The van der Waals surface area contributed by atoms with Crippen LogP contribution in [0.4, 0.5) is 5.82 Å². The maximum atomic E-state index is 9.71. The van der Waals surface area contributed by atoms with Gasteiger partial charge in [-0.3, -0.25) is 4.90 Å². The van der Waals surface area contributed by atoms with E-state index in [0.29, 0.717) is 12.4 Å². The van der Waals surface area contributed by atoms with Crippen LogP contribution in [-0.4, -0.2) is 52.4 Å². The summed E-state index contributed by atoms with van der Waals surface area (Å²) in [6.07, 6.45) is 4.38. The van der Waals surface area contributed by atoms with E-state index < -0.39 is 0 Å². The molecule has 0 radical (unpaired) electrons. The van der Waals surface area contributed by atoms with Crippen molar-refractivity contribution in [1.82, 2.24) is 19.4 Å². The van der Waals surface area contributed by atoms with Crippen molar-refractivity contribution in [2.75, 3.05) is 37.9 Å². The molecule has 35 heavy (non-hydrogen) atoms. The summed E-state index contributed by atoms with van der Waals surface area (Å²) in [5.74, 6) is 2.56. The van der Waals surface area contributed by atoms with E-state index in [2.05, 4.69) is 66.8 Å². The molecule has 0 spiro atoms. The zero-order valence-electron chi connectivity index (χ0n) is 19.4. The quantitative estimate of drug-likeness (QED) is 0.430. The second-order valence-electron chi connectivity index (χ2n) is 8.93. The van der Waals surface area contributed by atoms with Crippen LogP contribution in [0.25, 0.3) is 11.0 Å². The first-order valence-electron chi connectivity index (χ1n) is 11.9. The lowest BCUT2D eigenvalue weighted by atomic mass is 10.1. The van der Waals surface area contributed by atoms with Gasteiger partial charge in [-0.15, -0.1) is 0 Å². The molecule has 2 aromatic heterocycles. The van der Waals surface area contributed by atoms with Gasteiger partial charge in [-0.25, -0.2) is 9.97 Å². The number of hydrogen-bond donors (Lipinski definition) is 0. The Balaban J connectivity index is 1.19. The molecule has 0 unspecified atom stereocenters. The van der Waals surface area contributed by atoms with Crippen LogP contribution in [0.1, 0.15) is 16.7 Å². The number of aromatic nitrogens is 3. The van der Waals surface area contributed by atoms with Crippen LogP contribution in [0.15, 0.2) is 61.1 Å². The number of nitriles is 1. The second kappa shape index (κ2) is 9.28. The van der Waals surface area contributed by atoms with Crippen molar-refractivity contribution in [2.24, 2.45) is 0 Å². The molecule has 0 saturated carbocycles. The van der Waals surface area contributed by atoms with E-state index in [1.165, 1.54) is 11.1 Å². The highest BCUT2D eigenvalue weighted by Crippen LogP contribution is 2.33.